The molecule has 0 spiro atoms. The molecular formula is C22H25ClFNO3. The lowest BCUT2D eigenvalue weighted by Gasteiger charge is -2.27. The van der Waals surface area contributed by atoms with Crippen molar-refractivity contribution in [3.8, 4) is 0 Å². The quantitative estimate of drug-likeness (QED) is 0.543. The first-order valence-corrected chi connectivity index (χ1v) is 10.5. The fraction of sp³-hybridized carbons (Fsp3) is 0.545. The number of aromatic nitrogens is 1. The second-order valence-corrected chi connectivity index (χ2v) is 8.95. The molecule has 0 aliphatic heterocycles. The summed E-state index contributed by atoms with van der Waals surface area (Å²) in [4.78, 5) is 23.7. The van der Waals surface area contributed by atoms with Crippen LogP contribution in [0.3, 0.4) is 0 Å². The lowest BCUT2D eigenvalue weighted by atomic mass is 9.88. The van der Waals surface area contributed by atoms with Gasteiger partial charge in [-0.2, -0.15) is 0 Å². The molecular weight excluding hydrogens is 381 g/mol. The van der Waals surface area contributed by atoms with E-state index in [0.29, 0.717) is 11.5 Å². The smallest absolute Gasteiger partial charge is 0.304 e. The van der Waals surface area contributed by atoms with Crippen molar-refractivity contribution in [2.75, 3.05) is 0 Å². The summed E-state index contributed by atoms with van der Waals surface area (Å²) in [5.41, 5.74) is 3.19. The molecule has 150 valence electrons. The van der Waals surface area contributed by atoms with Gasteiger partial charge >= 0.3 is 5.97 Å². The van der Waals surface area contributed by atoms with Crippen LogP contribution >= 0.6 is 11.6 Å². The predicted molar refractivity (Wildman–Crippen MR) is 107 cm³/mol. The highest BCUT2D eigenvalue weighted by atomic mass is 35.5. The standard InChI is InChI=1S/C22H25ClFNO3/c1-12(26)18-9-16(24)10-19-17-7-4-14(8-20(27)28)21(17)25(22(18)19)11-13-2-5-15(23)6-3-13/h9-10,13-15H,2-8,11H2,1H3,(H,27,28)/t13?,14-,15?/m1/s1. The number of aliphatic carboxylic acids is 1. The Morgan fingerprint density at radius 1 is 1.21 bits per heavy atom. The van der Waals surface area contributed by atoms with Crippen LogP contribution < -0.4 is 0 Å². The first-order valence-electron chi connectivity index (χ1n) is 10.1. The topological polar surface area (TPSA) is 59.3 Å². The molecule has 0 unspecified atom stereocenters. The summed E-state index contributed by atoms with van der Waals surface area (Å²) in [6.07, 6.45) is 5.53. The number of hydrogen-bond acceptors (Lipinski definition) is 2. The minimum atomic E-state index is -0.824. The highest BCUT2D eigenvalue weighted by Gasteiger charge is 2.34. The molecule has 1 aromatic heterocycles. The number of alkyl halides is 1. The number of carbonyl (C=O) groups is 2. The zero-order chi connectivity index (χ0) is 20.0. The number of halogens is 2. The number of Topliss-reactive ketones (excluding diaryl/α,β-unsaturated/α-hetero) is 1. The maximum atomic E-state index is 14.3. The van der Waals surface area contributed by atoms with Crippen LogP contribution in [0.1, 0.15) is 73.0 Å². The van der Waals surface area contributed by atoms with Crippen LogP contribution in [0.25, 0.3) is 10.9 Å². The van der Waals surface area contributed by atoms with Gasteiger partial charge in [0.25, 0.3) is 0 Å². The molecule has 4 nitrogen and oxygen atoms in total. The van der Waals surface area contributed by atoms with Crippen molar-refractivity contribution >= 4 is 34.3 Å². The highest BCUT2D eigenvalue weighted by Crippen LogP contribution is 2.44. The second-order valence-electron chi connectivity index (χ2n) is 8.33. The molecule has 2 aromatic rings. The maximum Gasteiger partial charge on any atom is 0.304 e. The van der Waals surface area contributed by atoms with E-state index < -0.39 is 11.8 Å². The largest absolute Gasteiger partial charge is 0.481 e. The zero-order valence-corrected chi connectivity index (χ0v) is 16.8. The van der Waals surface area contributed by atoms with E-state index in [9.17, 15) is 19.1 Å². The van der Waals surface area contributed by atoms with E-state index in [-0.39, 0.29) is 23.5 Å². The first-order chi connectivity index (χ1) is 13.3. The average molecular weight is 406 g/mol. The molecule has 0 saturated heterocycles. The third kappa shape index (κ3) is 3.45. The van der Waals surface area contributed by atoms with Crippen molar-refractivity contribution in [2.45, 2.75) is 69.7 Å². The van der Waals surface area contributed by atoms with Crippen LogP contribution in [-0.2, 0) is 17.8 Å². The summed E-state index contributed by atoms with van der Waals surface area (Å²) in [7, 11) is 0. The zero-order valence-electron chi connectivity index (χ0n) is 16.0. The molecule has 1 atom stereocenters. The van der Waals surface area contributed by atoms with Crippen molar-refractivity contribution in [3.05, 3.63) is 34.8 Å². The highest BCUT2D eigenvalue weighted by molar-refractivity contribution is 6.20. The van der Waals surface area contributed by atoms with Crippen LogP contribution in [-0.4, -0.2) is 26.8 Å². The normalized spacial score (nSPS) is 24.5. The number of carboxylic acids is 1. The maximum absolute atomic E-state index is 14.3. The third-order valence-corrected chi connectivity index (χ3v) is 6.85. The Kier molecular flexibility index (Phi) is 5.21. The van der Waals surface area contributed by atoms with Crippen LogP contribution in [0.5, 0.6) is 0 Å². The van der Waals surface area contributed by atoms with E-state index in [1.54, 1.807) is 0 Å². The van der Waals surface area contributed by atoms with Gasteiger partial charge in [-0.15, -0.1) is 11.6 Å². The molecule has 2 aliphatic carbocycles. The number of fused-ring (bicyclic) bond motifs is 3. The van der Waals surface area contributed by atoms with Crippen molar-refractivity contribution in [1.29, 1.82) is 0 Å². The first kappa shape index (κ1) is 19.4. The number of ketones is 1. The average Bonchev–Trinajstić information content (AvgIpc) is 3.16. The van der Waals surface area contributed by atoms with Crippen molar-refractivity contribution < 1.29 is 19.1 Å². The lowest BCUT2D eigenvalue weighted by molar-refractivity contribution is -0.137. The Morgan fingerprint density at radius 3 is 2.57 bits per heavy atom. The van der Waals surface area contributed by atoms with Gasteiger partial charge in [-0.3, -0.25) is 9.59 Å². The molecule has 1 heterocycles. The fourth-order valence-electron chi connectivity index (χ4n) is 5.16. The summed E-state index contributed by atoms with van der Waals surface area (Å²) >= 11 is 6.26. The Bertz CT molecular complexity index is 943. The van der Waals surface area contributed by atoms with E-state index in [1.807, 2.05) is 0 Å². The number of carbonyl (C=O) groups excluding carboxylic acids is 1. The lowest BCUT2D eigenvalue weighted by Crippen LogP contribution is -2.21. The molecule has 1 aromatic carbocycles. The molecule has 1 fully saturated rings. The van der Waals surface area contributed by atoms with Crippen LogP contribution in [0.4, 0.5) is 4.39 Å². The summed E-state index contributed by atoms with van der Waals surface area (Å²) in [5.74, 6) is -1.06. The summed E-state index contributed by atoms with van der Waals surface area (Å²) in [6.45, 7) is 2.20. The van der Waals surface area contributed by atoms with Crippen LogP contribution in [0, 0.1) is 11.7 Å². The van der Waals surface area contributed by atoms with Gasteiger partial charge in [0.2, 0.25) is 0 Å². The number of nitrogens with zero attached hydrogens (tertiary/aromatic N) is 1. The van der Waals surface area contributed by atoms with E-state index in [1.165, 1.54) is 19.1 Å². The number of hydrogen-bond donors (Lipinski definition) is 1. The fourth-order valence-corrected chi connectivity index (χ4v) is 5.41. The van der Waals surface area contributed by atoms with E-state index in [4.69, 9.17) is 11.6 Å². The molecule has 4 rings (SSSR count). The van der Waals surface area contributed by atoms with Crippen molar-refractivity contribution in [3.63, 3.8) is 0 Å². The SMILES string of the molecule is CC(=O)c1cc(F)cc2c3c(n(CC4CCC(Cl)CC4)c12)[C@@H](CC(=O)O)CC3. The third-order valence-electron chi connectivity index (χ3n) is 6.42. The number of rotatable bonds is 5. The van der Waals surface area contributed by atoms with E-state index >= 15 is 0 Å². The molecule has 0 amide bonds. The van der Waals surface area contributed by atoms with Gasteiger partial charge in [-0.1, -0.05) is 0 Å². The number of benzene rings is 1. The summed E-state index contributed by atoms with van der Waals surface area (Å²) in [6, 6.07) is 2.83. The van der Waals surface area contributed by atoms with E-state index in [2.05, 4.69) is 4.57 Å². The van der Waals surface area contributed by atoms with Gasteiger partial charge in [0.15, 0.2) is 5.78 Å². The van der Waals surface area contributed by atoms with Gasteiger partial charge in [0.05, 0.1) is 11.9 Å². The Labute approximate surface area is 168 Å². The molecule has 0 bridgehead atoms. The van der Waals surface area contributed by atoms with Gasteiger partial charge in [0, 0.05) is 34.5 Å². The van der Waals surface area contributed by atoms with E-state index in [0.717, 1.165) is 67.2 Å². The van der Waals surface area contributed by atoms with Crippen molar-refractivity contribution in [2.24, 2.45) is 5.92 Å². The van der Waals surface area contributed by atoms with Crippen LogP contribution in [0.15, 0.2) is 12.1 Å². The molecule has 1 N–H and O–H groups in total. The van der Waals surface area contributed by atoms with Gasteiger partial charge in [-0.05, 0) is 69.1 Å². The molecule has 0 radical (unpaired) electrons. The Hall–Kier alpha value is -1.88. The molecule has 2 aliphatic rings. The molecule has 6 heteroatoms. The summed E-state index contributed by atoms with van der Waals surface area (Å²) < 4.78 is 16.4. The predicted octanol–water partition coefficient (Wildman–Crippen LogP) is 5.29. The minimum Gasteiger partial charge on any atom is -0.481 e. The minimum absolute atomic E-state index is 0.0651. The van der Waals surface area contributed by atoms with Crippen LogP contribution in [0.2, 0.25) is 0 Å². The number of aryl methyl sites for hydroxylation is 1. The Balaban J connectivity index is 1.87. The van der Waals surface area contributed by atoms with Gasteiger partial charge in [0.1, 0.15) is 5.82 Å². The summed E-state index contributed by atoms with van der Waals surface area (Å²) in [5, 5.41) is 10.4. The molecule has 1 saturated carbocycles. The van der Waals surface area contributed by atoms with Gasteiger partial charge < -0.3 is 9.67 Å². The van der Waals surface area contributed by atoms with Crippen molar-refractivity contribution in [1.82, 2.24) is 4.57 Å². The monoisotopic (exact) mass is 405 g/mol. The van der Waals surface area contributed by atoms with Gasteiger partial charge in [-0.25, -0.2) is 4.39 Å². The number of carboxylic acid groups (broad SMARTS) is 1. The Morgan fingerprint density at radius 2 is 1.93 bits per heavy atom. The second kappa shape index (κ2) is 7.51. The molecule has 28 heavy (non-hydrogen) atoms.